The molecule has 0 radical (unpaired) electrons. The van der Waals surface area contributed by atoms with Crippen LogP contribution in [0.5, 0.6) is 0 Å². The maximum absolute atomic E-state index is 12.0. The van der Waals surface area contributed by atoms with Crippen LogP contribution in [-0.2, 0) is 10.0 Å². The Bertz CT molecular complexity index is 481. The number of aliphatic hydroxyl groups excluding tert-OH is 1. The van der Waals surface area contributed by atoms with E-state index in [4.69, 9.17) is 5.73 Å². The van der Waals surface area contributed by atoms with Gasteiger partial charge in [0.25, 0.3) is 0 Å². The molecule has 5 nitrogen and oxygen atoms in total. The highest BCUT2D eigenvalue weighted by Crippen LogP contribution is 2.17. The monoisotopic (exact) mass is 258 g/mol. The average Bonchev–Trinajstić information content (AvgIpc) is 2.28. The number of anilines is 1. The smallest absolute Gasteiger partial charge is 0.241 e. The lowest BCUT2D eigenvalue weighted by atomic mass is 10.0. The zero-order chi connectivity index (χ0) is 13.1. The van der Waals surface area contributed by atoms with Crippen molar-refractivity contribution >= 4 is 15.7 Å². The minimum Gasteiger partial charge on any atom is -0.399 e. The third-order valence-corrected chi connectivity index (χ3v) is 4.31. The van der Waals surface area contributed by atoms with Crippen molar-refractivity contribution in [3.63, 3.8) is 0 Å². The van der Waals surface area contributed by atoms with Crippen LogP contribution in [-0.4, -0.2) is 25.7 Å². The van der Waals surface area contributed by atoms with E-state index in [0.29, 0.717) is 12.1 Å². The second-order valence-electron chi connectivity index (χ2n) is 4.25. The molecule has 6 heteroatoms. The number of nitrogen functional groups attached to an aromatic ring is 1. The van der Waals surface area contributed by atoms with Gasteiger partial charge in [-0.3, -0.25) is 0 Å². The first-order valence-electron chi connectivity index (χ1n) is 5.33. The van der Waals surface area contributed by atoms with E-state index >= 15 is 0 Å². The standard InChI is InChI=1S/C11H18N2O3S/c1-3-11(2,8-14)13-17(15,16)10-6-4-5-9(12)7-10/h4-7,13-14H,3,8,12H2,1-2H3. The van der Waals surface area contributed by atoms with Crippen LogP contribution in [0.4, 0.5) is 5.69 Å². The van der Waals surface area contributed by atoms with Crippen LogP contribution >= 0.6 is 0 Å². The largest absolute Gasteiger partial charge is 0.399 e. The fourth-order valence-corrected chi connectivity index (χ4v) is 2.81. The predicted octanol–water partition coefficient (Wildman–Crippen LogP) is 0.708. The van der Waals surface area contributed by atoms with Crippen LogP contribution < -0.4 is 10.5 Å². The van der Waals surface area contributed by atoms with Gasteiger partial charge in [-0.25, -0.2) is 13.1 Å². The average molecular weight is 258 g/mol. The van der Waals surface area contributed by atoms with Crippen molar-refractivity contribution < 1.29 is 13.5 Å². The molecule has 1 unspecified atom stereocenters. The van der Waals surface area contributed by atoms with Gasteiger partial charge >= 0.3 is 0 Å². The molecule has 96 valence electrons. The van der Waals surface area contributed by atoms with Crippen molar-refractivity contribution in [1.82, 2.24) is 4.72 Å². The molecule has 0 fully saturated rings. The zero-order valence-corrected chi connectivity index (χ0v) is 10.8. The SMILES string of the molecule is CCC(C)(CO)NS(=O)(=O)c1cccc(N)c1. The maximum atomic E-state index is 12.0. The lowest BCUT2D eigenvalue weighted by molar-refractivity contribution is 0.191. The molecule has 0 heterocycles. The van der Waals surface area contributed by atoms with E-state index in [9.17, 15) is 13.5 Å². The van der Waals surface area contributed by atoms with Gasteiger partial charge in [-0.2, -0.15) is 0 Å². The van der Waals surface area contributed by atoms with Crippen molar-refractivity contribution in [3.05, 3.63) is 24.3 Å². The summed E-state index contributed by atoms with van der Waals surface area (Å²) in [5, 5.41) is 9.20. The van der Waals surface area contributed by atoms with Crippen LogP contribution in [0.1, 0.15) is 20.3 Å². The third-order valence-electron chi connectivity index (χ3n) is 2.68. The van der Waals surface area contributed by atoms with Crippen molar-refractivity contribution in [3.8, 4) is 0 Å². The van der Waals surface area contributed by atoms with Crippen LogP contribution in [0, 0.1) is 0 Å². The van der Waals surface area contributed by atoms with Crippen molar-refractivity contribution in [2.45, 2.75) is 30.7 Å². The number of nitrogens with two attached hydrogens (primary N) is 1. The molecule has 0 bridgehead atoms. The van der Waals surface area contributed by atoms with Gasteiger partial charge in [-0.05, 0) is 31.5 Å². The van der Waals surface area contributed by atoms with E-state index in [2.05, 4.69) is 4.72 Å². The van der Waals surface area contributed by atoms with Gasteiger partial charge in [0.15, 0.2) is 0 Å². The molecule has 0 aliphatic carbocycles. The Hall–Kier alpha value is -1.11. The van der Waals surface area contributed by atoms with Gasteiger partial charge in [0, 0.05) is 5.69 Å². The Balaban J connectivity index is 3.05. The molecule has 0 spiro atoms. The van der Waals surface area contributed by atoms with Gasteiger partial charge in [0.1, 0.15) is 0 Å². The Morgan fingerprint density at radius 1 is 1.47 bits per heavy atom. The van der Waals surface area contributed by atoms with E-state index in [1.54, 1.807) is 26.0 Å². The zero-order valence-electron chi connectivity index (χ0n) is 9.97. The van der Waals surface area contributed by atoms with Gasteiger partial charge in [-0.1, -0.05) is 13.0 Å². The first-order chi connectivity index (χ1) is 7.83. The maximum Gasteiger partial charge on any atom is 0.241 e. The van der Waals surface area contributed by atoms with Crippen molar-refractivity contribution in [1.29, 1.82) is 0 Å². The van der Waals surface area contributed by atoms with Crippen LogP contribution in [0.25, 0.3) is 0 Å². The molecule has 17 heavy (non-hydrogen) atoms. The summed E-state index contributed by atoms with van der Waals surface area (Å²) in [6.45, 7) is 3.19. The summed E-state index contributed by atoms with van der Waals surface area (Å²) in [5.74, 6) is 0. The number of nitrogens with one attached hydrogen (secondary N) is 1. The molecule has 0 aliphatic rings. The fraction of sp³-hybridized carbons (Fsp3) is 0.455. The lowest BCUT2D eigenvalue weighted by Gasteiger charge is -2.26. The van der Waals surface area contributed by atoms with Gasteiger partial charge in [-0.15, -0.1) is 0 Å². The summed E-state index contributed by atoms with van der Waals surface area (Å²) in [7, 11) is -3.65. The molecule has 1 aromatic carbocycles. The van der Waals surface area contributed by atoms with E-state index in [1.165, 1.54) is 12.1 Å². The molecule has 1 atom stereocenters. The quantitative estimate of drug-likeness (QED) is 0.678. The van der Waals surface area contributed by atoms with Gasteiger partial charge in [0.05, 0.1) is 17.0 Å². The number of aliphatic hydroxyl groups is 1. The summed E-state index contributed by atoms with van der Waals surface area (Å²) in [4.78, 5) is 0.102. The Morgan fingerprint density at radius 2 is 2.12 bits per heavy atom. The molecule has 1 rings (SSSR count). The molecule has 1 aromatic rings. The summed E-state index contributed by atoms with van der Waals surface area (Å²) < 4.78 is 26.6. The Kier molecular flexibility index (Phi) is 4.13. The molecule has 0 amide bonds. The van der Waals surface area contributed by atoms with Crippen LogP contribution in [0.15, 0.2) is 29.2 Å². The third kappa shape index (κ3) is 3.42. The molecule has 0 aliphatic heterocycles. The first kappa shape index (κ1) is 14.0. The molecular formula is C11H18N2O3S. The number of benzene rings is 1. The number of sulfonamides is 1. The lowest BCUT2D eigenvalue weighted by Crippen LogP contribution is -2.48. The predicted molar refractivity (Wildman–Crippen MR) is 67.0 cm³/mol. The summed E-state index contributed by atoms with van der Waals surface area (Å²) in [5.41, 5.74) is 5.07. The highest BCUT2D eigenvalue weighted by Gasteiger charge is 2.28. The second kappa shape index (κ2) is 5.03. The minimum absolute atomic E-state index is 0.102. The number of hydrogen-bond donors (Lipinski definition) is 3. The normalized spacial score (nSPS) is 15.5. The van der Waals surface area contributed by atoms with Crippen LogP contribution in [0.3, 0.4) is 0 Å². The highest BCUT2D eigenvalue weighted by atomic mass is 32.2. The van der Waals surface area contributed by atoms with Crippen molar-refractivity contribution in [2.75, 3.05) is 12.3 Å². The van der Waals surface area contributed by atoms with Gasteiger partial charge in [0.2, 0.25) is 10.0 Å². The van der Waals surface area contributed by atoms with Crippen molar-refractivity contribution in [2.24, 2.45) is 0 Å². The first-order valence-corrected chi connectivity index (χ1v) is 6.82. The summed E-state index contributed by atoms with van der Waals surface area (Å²) in [6.07, 6.45) is 0.491. The van der Waals surface area contributed by atoms with Gasteiger partial charge < -0.3 is 10.8 Å². The molecule has 0 saturated heterocycles. The topological polar surface area (TPSA) is 92.4 Å². The number of hydrogen-bond acceptors (Lipinski definition) is 4. The Morgan fingerprint density at radius 3 is 2.59 bits per heavy atom. The van der Waals surface area contributed by atoms with E-state index < -0.39 is 15.6 Å². The summed E-state index contributed by atoms with van der Waals surface area (Å²) in [6, 6.07) is 6.04. The second-order valence-corrected chi connectivity index (χ2v) is 5.93. The van der Waals surface area contributed by atoms with E-state index in [0.717, 1.165) is 0 Å². The fourth-order valence-electron chi connectivity index (χ4n) is 1.28. The molecule has 0 saturated carbocycles. The molecule has 0 aromatic heterocycles. The summed E-state index contributed by atoms with van der Waals surface area (Å²) >= 11 is 0. The van der Waals surface area contributed by atoms with E-state index in [-0.39, 0.29) is 11.5 Å². The van der Waals surface area contributed by atoms with Crippen LogP contribution in [0.2, 0.25) is 0 Å². The molecule has 4 N–H and O–H groups in total. The minimum atomic E-state index is -3.65. The Labute approximate surface area is 102 Å². The number of rotatable bonds is 5. The van der Waals surface area contributed by atoms with E-state index in [1.807, 2.05) is 0 Å². The molecular weight excluding hydrogens is 240 g/mol. The highest BCUT2D eigenvalue weighted by molar-refractivity contribution is 7.89.